The molecule has 6 nitrogen and oxygen atoms in total. The molecule has 2 aromatic carbocycles. The lowest BCUT2D eigenvalue weighted by molar-refractivity contribution is 0.0953. The molecule has 0 radical (unpaired) electrons. The van der Waals surface area contributed by atoms with Gasteiger partial charge < -0.3 is 10.6 Å². The van der Waals surface area contributed by atoms with Crippen molar-refractivity contribution in [2.75, 3.05) is 30.5 Å². The first-order valence-corrected chi connectivity index (χ1v) is 10.7. The Bertz CT molecular complexity index is 918. The van der Waals surface area contributed by atoms with Crippen molar-refractivity contribution in [1.82, 2.24) is 10.6 Å². The molecule has 0 bridgehead atoms. The van der Waals surface area contributed by atoms with Crippen molar-refractivity contribution in [3.63, 3.8) is 0 Å². The number of benzene rings is 2. The topological polar surface area (TPSA) is 78.5 Å². The average molecular weight is 424 g/mol. The number of para-hydroxylation sites is 1. The number of rotatable bonds is 7. The van der Waals surface area contributed by atoms with Crippen LogP contribution in [0.1, 0.15) is 29.3 Å². The van der Waals surface area contributed by atoms with Gasteiger partial charge in [0.2, 0.25) is 0 Å². The van der Waals surface area contributed by atoms with Crippen LogP contribution in [-0.4, -0.2) is 40.5 Å². The van der Waals surface area contributed by atoms with Gasteiger partial charge in [-0.3, -0.25) is 9.10 Å². The number of halogens is 1. The van der Waals surface area contributed by atoms with Gasteiger partial charge in [-0.05, 0) is 49.2 Å². The third-order valence-corrected chi connectivity index (χ3v) is 6.40. The van der Waals surface area contributed by atoms with Gasteiger partial charge in [0.1, 0.15) is 0 Å². The molecule has 1 aliphatic rings. The van der Waals surface area contributed by atoms with E-state index in [1.807, 2.05) is 31.2 Å². The molecule has 0 unspecified atom stereocenters. The fraction of sp³-hybridized carbons (Fsp3) is 0.350. The first-order chi connectivity index (χ1) is 13.0. The van der Waals surface area contributed by atoms with E-state index in [1.54, 1.807) is 18.2 Å². The van der Waals surface area contributed by atoms with Crippen LogP contribution in [0.2, 0.25) is 0 Å². The van der Waals surface area contributed by atoms with E-state index in [2.05, 4.69) is 10.6 Å². The highest BCUT2D eigenvalue weighted by atomic mass is 35.5. The monoisotopic (exact) mass is 423 g/mol. The van der Waals surface area contributed by atoms with Gasteiger partial charge in [0.15, 0.2) is 0 Å². The lowest BCUT2D eigenvalue weighted by Gasteiger charge is -2.30. The van der Waals surface area contributed by atoms with Crippen LogP contribution in [0, 0.1) is 0 Å². The summed E-state index contributed by atoms with van der Waals surface area (Å²) in [5, 5.41) is 5.92. The highest BCUT2D eigenvalue weighted by molar-refractivity contribution is 7.92. The molecular weight excluding hydrogens is 398 g/mol. The number of anilines is 1. The number of carbonyl (C=O) groups is 1. The van der Waals surface area contributed by atoms with E-state index in [4.69, 9.17) is 0 Å². The summed E-state index contributed by atoms with van der Waals surface area (Å²) in [4.78, 5) is 12.5. The minimum atomic E-state index is -3.72. The Kier molecular flexibility index (Phi) is 7.86. The van der Waals surface area contributed by atoms with E-state index in [1.165, 1.54) is 10.4 Å². The fourth-order valence-electron chi connectivity index (χ4n) is 3.22. The Morgan fingerprint density at radius 3 is 2.68 bits per heavy atom. The van der Waals surface area contributed by atoms with Crippen LogP contribution in [0.5, 0.6) is 0 Å². The zero-order valence-corrected chi connectivity index (χ0v) is 17.5. The number of carbonyl (C=O) groups excluding carboxylic acids is 1. The van der Waals surface area contributed by atoms with Gasteiger partial charge in [-0.25, -0.2) is 8.42 Å². The quantitative estimate of drug-likeness (QED) is 0.671. The first-order valence-electron chi connectivity index (χ1n) is 9.23. The Hall–Kier alpha value is -2.09. The summed E-state index contributed by atoms with van der Waals surface area (Å²) in [7, 11) is -3.72. The van der Waals surface area contributed by atoms with Crippen LogP contribution in [0.3, 0.4) is 0 Å². The summed E-state index contributed by atoms with van der Waals surface area (Å²) in [6.07, 6.45) is 1.65. The van der Waals surface area contributed by atoms with E-state index < -0.39 is 10.0 Å². The van der Waals surface area contributed by atoms with E-state index in [-0.39, 0.29) is 23.2 Å². The summed E-state index contributed by atoms with van der Waals surface area (Å²) in [6, 6.07) is 13.8. The van der Waals surface area contributed by atoms with Crippen molar-refractivity contribution in [3.8, 4) is 0 Å². The smallest absolute Gasteiger partial charge is 0.264 e. The molecule has 3 rings (SSSR count). The predicted molar refractivity (Wildman–Crippen MR) is 114 cm³/mol. The number of hydrogen-bond acceptors (Lipinski definition) is 4. The van der Waals surface area contributed by atoms with Gasteiger partial charge in [-0.15, -0.1) is 12.4 Å². The number of sulfonamides is 1. The molecule has 0 saturated heterocycles. The molecule has 8 heteroatoms. The maximum absolute atomic E-state index is 13.2. The van der Waals surface area contributed by atoms with Crippen LogP contribution in [-0.2, 0) is 16.4 Å². The first kappa shape index (κ1) is 22.2. The SMILES string of the molecule is CCNCCNC(=O)c1cccc(S(=O)(=O)N2CCCc3ccccc32)c1.Cl. The molecule has 0 spiro atoms. The lowest BCUT2D eigenvalue weighted by Crippen LogP contribution is -2.35. The number of nitrogens with one attached hydrogen (secondary N) is 2. The number of amides is 1. The molecule has 0 atom stereocenters. The molecule has 0 fully saturated rings. The van der Waals surface area contributed by atoms with Crippen molar-refractivity contribution in [1.29, 1.82) is 0 Å². The zero-order valence-electron chi connectivity index (χ0n) is 15.8. The fourth-order valence-corrected chi connectivity index (χ4v) is 4.80. The number of aryl methyl sites for hydroxylation is 1. The van der Waals surface area contributed by atoms with Crippen LogP contribution in [0.15, 0.2) is 53.4 Å². The van der Waals surface area contributed by atoms with E-state index in [0.29, 0.717) is 25.2 Å². The van der Waals surface area contributed by atoms with Crippen LogP contribution in [0.4, 0.5) is 5.69 Å². The molecule has 1 amide bonds. The van der Waals surface area contributed by atoms with Crippen molar-refractivity contribution in [3.05, 3.63) is 59.7 Å². The highest BCUT2D eigenvalue weighted by Gasteiger charge is 2.29. The van der Waals surface area contributed by atoms with E-state index >= 15 is 0 Å². The van der Waals surface area contributed by atoms with Gasteiger partial charge in [-0.2, -0.15) is 0 Å². The third kappa shape index (κ3) is 4.84. The predicted octanol–water partition coefficient (Wildman–Crippen LogP) is 2.59. The van der Waals surface area contributed by atoms with E-state index in [0.717, 1.165) is 30.6 Å². The molecule has 0 aliphatic carbocycles. The molecule has 152 valence electrons. The Labute approximate surface area is 172 Å². The molecule has 2 aromatic rings. The summed E-state index contributed by atoms with van der Waals surface area (Å²) < 4.78 is 27.9. The zero-order chi connectivity index (χ0) is 19.3. The highest BCUT2D eigenvalue weighted by Crippen LogP contribution is 2.31. The summed E-state index contributed by atoms with van der Waals surface area (Å²) in [5.74, 6) is -0.274. The van der Waals surface area contributed by atoms with Crippen LogP contribution >= 0.6 is 12.4 Å². The van der Waals surface area contributed by atoms with Gasteiger partial charge in [0, 0.05) is 25.2 Å². The maximum atomic E-state index is 13.2. The Morgan fingerprint density at radius 2 is 1.89 bits per heavy atom. The third-order valence-electron chi connectivity index (χ3n) is 4.59. The minimum Gasteiger partial charge on any atom is -0.351 e. The van der Waals surface area contributed by atoms with Crippen molar-refractivity contribution < 1.29 is 13.2 Å². The van der Waals surface area contributed by atoms with Gasteiger partial charge in [-0.1, -0.05) is 31.2 Å². The number of fused-ring (bicyclic) bond motifs is 1. The number of nitrogens with zero attached hydrogens (tertiary/aromatic N) is 1. The number of likely N-dealkylation sites (N-methyl/N-ethyl adjacent to an activating group) is 1. The second-order valence-corrected chi connectivity index (χ2v) is 8.31. The molecule has 0 aromatic heterocycles. The molecule has 2 N–H and O–H groups in total. The number of hydrogen-bond donors (Lipinski definition) is 2. The maximum Gasteiger partial charge on any atom is 0.264 e. The Morgan fingerprint density at radius 1 is 1.11 bits per heavy atom. The minimum absolute atomic E-state index is 0. The van der Waals surface area contributed by atoms with Crippen molar-refractivity contribution in [2.24, 2.45) is 0 Å². The van der Waals surface area contributed by atoms with Gasteiger partial charge >= 0.3 is 0 Å². The molecule has 1 heterocycles. The Balaban J connectivity index is 0.00000280. The van der Waals surface area contributed by atoms with E-state index in [9.17, 15) is 13.2 Å². The van der Waals surface area contributed by atoms with Crippen LogP contribution in [0.25, 0.3) is 0 Å². The second kappa shape index (κ2) is 9.91. The standard InChI is InChI=1S/C20H25N3O3S.ClH/c1-2-21-12-13-22-20(24)17-8-5-10-18(15-17)27(25,26)23-14-6-9-16-7-3-4-11-19(16)23;/h3-5,7-8,10-11,15,21H,2,6,9,12-14H2,1H3,(H,22,24);1H. The van der Waals surface area contributed by atoms with Crippen molar-refractivity contribution >= 4 is 34.0 Å². The molecule has 0 saturated carbocycles. The molecule has 1 aliphatic heterocycles. The average Bonchev–Trinajstić information content (AvgIpc) is 2.70. The summed E-state index contributed by atoms with van der Waals surface area (Å²) in [6.45, 7) is 4.43. The second-order valence-electron chi connectivity index (χ2n) is 6.45. The molecule has 28 heavy (non-hydrogen) atoms. The van der Waals surface area contributed by atoms with Gasteiger partial charge in [0.25, 0.3) is 15.9 Å². The van der Waals surface area contributed by atoms with Crippen LogP contribution < -0.4 is 14.9 Å². The summed E-state index contributed by atoms with van der Waals surface area (Å²) in [5.41, 5.74) is 2.10. The van der Waals surface area contributed by atoms with Crippen molar-refractivity contribution in [2.45, 2.75) is 24.7 Å². The van der Waals surface area contributed by atoms with Gasteiger partial charge in [0.05, 0.1) is 10.6 Å². The molecular formula is C20H26ClN3O3S. The lowest BCUT2D eigenvalue weighted by atomic mass is 10.0. The summed E-state index contributed by atoms with van der Waals surface area (Å²) >= 11 is 0. The largest absolute Gasteiger partial charge is 0.351 e. The normalized spacial score (nSPS) is 13.4.